The quantitative estimate of drug-likeness (QED) is 0.796. The molecule has 0 aliphatic heterocycles. The van der Waals surface area contributed by atoms with Crippen LogP contribution in [0.4, 0.5) is 0 Å². The first kappa shape index (κ1) is 12.7. The summed E-state index contributed by atoms with van der Waals surface area (Å²) in [5.74, 6) is 0.0489. The van der Waals surface area contributed by atoms with Crippen LogP contribution in [0.1, 0.15) is 27.3 Å². The molecule has 0 aliphatic carbocycles. The van der Waals surface area contributed by atoms with Gasteiger partial charge in [0.2, 0.25) is 0 Å². The molecule has 0 N–H and O–H groups in total. The maximum Gasteiger partial charge on any atom is 0.169 e. The average molecular weight is 261 g/mol. The fourth-order valence-corrected chi connectivity index (χ4v) is 1.84. The molecule has 0 spiro atoms. The van der Waals surface area contributed by atoms with E-state index in [1.807, 2.05) is 19.1 Å². The molecule has 0 radical (unpaired) electrons. The van der Waals surface area contributed by atoms with E-state index in [2.05, 4.69) is 10.2 Å². The Kier molecular flexibility index (Phi) is 3.72. The average Bonchev–Trinajstić information content (AvgIpc) is 2.35. The number of Topliss-reactive ketones (excluding diaryl/α,β-unsaturated/α-hetero) is 1. The largest absolute Gasteiger partial charge is 0.294 e. The Balaban J connectivity index is 2.21. The van der Waals surface area contributed by atoms with Crippen molar-refractivity contribution in [3.8, 4) is 0 Å². The molecule has 0 atom stereocenters. The Hall–Kier alpha value is -1.74. The molecule has 0 saturated heterocycles. The summed E-state index contributed by atoms with van der Waals surface area (Å²) in [6, 6.07) is 9.06. The molecule has 2 rings (SSSR count). The maximum absolute atomic E-state index is 12.2. The molecular weight excluding hydrogens is 248 g/mol. The first-order valence-corrected chi connectivity index (χ1v) is 6.02. The minimum Gasteiger partial charge on any atom is -0.294 e. The molecule has 0 amide bonds. The Bertz CT molecular complexity index is 579. The van der Waals surface area contributed by atoms with Crippen molar-refractivity contribution in [2.45, 2.75) is 20.3 Å². The summed E-state index contributed by atoms with van der Waals surface area (Å²) in [5.41, 5.74) is 3.00. The van der Waals surface area contributed by atoms with E-state index in [0.717, 1.165) is 11.3 Å². The number of hydrogen-bond donors (Lipinski definition) is 0. The molecule has 2 aromatic rings. The van der Waals surface area contributed by atoms with Crippen LogP contribution in [-0.2, 0) is 6.42 Å². The van der Waals surface area contributed by atoms with Crippen molar-refractivity contribution in [2.24, 2.45) is 0 Å². The van der Waals surface area contributed by atoms with Crippen LogP contribution >= 0.6 is 11.6 Å². The smallest absolute Gasteiger partial charge is 0.169 e. The van der Waals surface area contributed by atoms with Crippen LogP contribution in [-0.4, -0.2) is 16.0 Å². The van der Waals surface area contributed by atoms with Crippen molar-refractivity contribution >= 4 is 17.4 Å². The van der Waals surface area contributed by atoms with Crippen molar-refractivity contribution in [1.29, 1.82) is 0 Å². The second-order valence-corrected chi connectivity index (χ2v) is 4.65. The van der Waals surface area contributed by atoms with Crippen molar-refractivity contribution in [1.82, 2.24) is 10.2 Å². The summed E-state index contributed by atoms with van der Waals surface area (Å²) in [6.45, 7) is 3.62. The zero-order valence-electron chi connectivity index (χ0n) is 10.3. The lowest BCUT2D eigenvalue weighted by Crippen LogP contribution is -2.08. The zero-order chi connectivity index (χ0) is 13.1. The van der Waals surface area contributed by atoms with Gasteiger partial charge in [-0.3, -0.25) is 4.79 Å². The topological polar surface area (TPSA) is 42.9 Å². The summed E-state index contributed by atoms with van der Waals surface area (Å²) in [6.07, 6.45) is 0.350. The highest BCUT2D eigenvalue weighted by molar-refractivity contribution is 6.30. The number of benzene rings is 1. The van der Waals surface area contributed by atoms with Gasteiger partial charge in [-0.25, -0.2) is 0 Å². The van der Waals surface area contributed by atoms with E-state index in [1.165, 1.54) is 0 Å². The molecule has 4 heteroatoms. The molecule has 1 aromatic heterocycles. The number of ketones is 1. The van der Waals surface area contributed by atoms with Gasteiger partial charge in [-0.05, 0) is 37.6 Å². The van der Waals surface area contributed by atoms with Gasteiger partial charge < -0.3 is 0 Å². The molecule has 0 aliphatic rings. The molecule has 1 heterocycles. The summed E-state index contributed by atoms with van der Waals surface area (Å²) < 4.78 is 0. The number of hydrogen-bond acceptors (Lipinski definition) is 3. The Labute approximate surface area is 111 Å². The van der Waals surface area contributed by atoms with E-state index < -0.39 is 0 Å². The van der Waals surface area contributed by atoms with Crippen LogP contribution < -0.4 is 0 Å². The molecule has 0 saturated carbocycles. The normalized spacial score (nSPS) is 10.4. The lowest BCUT2D eigenvalue weighted by atomic mass is 10.0. The van der Waals surface area contributed by atoms with Crippen LogP contribution in [0, 0.1) is 13.8 Å². The Morgan fingerprint density at radius 1 is 1.17 bits per heavy atom. The van der Waals surface area contributed by atoms with Crippen molar-refractivity contribution in [3.05, 3.63) is 57.9 Å². The number of aromatic nitrogens is 2. The van der Waals surface area contributed by atoms with E-state index in [0.29, 0.717) is 22.7 Å². The fourth-order valence-electron chi connectivity index (χ4n) is 1.72. The molecule has 0 fully saturated rings. The lowest BCUT2D eigenvalue weighted by molar-refractivity contribution is 0.0991. The van der Waals surface area contributed by atoms with Gasteiger partial charge in [-0.2, -0.15) is 10.2 Å². The first-order valence-electron chi connectivity index (χ1n) is 5.65. The van der Waals surface area contributed by atoms with Gasteiger partial charge in [0, 0.05) is 17.0 Å². The third kappa shape index (κ3) is 2.93. The van der Waals surface area contributed by atoms with Crippen molar-refractivity contribution < 1.29 is 4.79 Å². The summed E-state index contributed by atoms with van der Waals surface area (Å²) in [7, 11) is 0. The van der Waals surface area contributed by atoms with Crippen LogP contribution in [0.2, 0.25) is 5.02 Å². The van der Waals surface area contributed by atoms with Gasteiger partial charge in [0.1, 0.15) is 0 Å². The van der Waals surface area contributed by atoms with Gasteiger partial charge in [-0.1, -0.05) is 23.7 Å². The number of nitrogens with zero attached hydrogens (tertiary/aromatic N) is 2. The highest BCUT2D eigenvalue weighted by Gasteiger charge is 2.11. The summed E-state index contributed by atoms with van der Waals surface area (Å²) in [4.78, 5) is 12.2. The van der Waals surface area contributed by atoms with Gasteiger partial charge in [-0.15, -0.1) is 0 Å². The van der Waals surface area contributed by atoms with Gasteiger partial charge in [0.15, 0.2) is 5.78 Å². The SMILES string of the molecule is Cc1cc(C(=O)Cc2ccc(Cl)cc2)c(C)nn1. The van der Waals surface area contributed by atoms with E-state index in [-0.39, 0.29) is 5.78 Å². The number of carbonyl (C=O) groups is 1. The number of aryl methyl sites for hydroxylation is 2. The van der Waals surface area contributed by atoms with Crippen molar-refractivity contribution in [2.75, 3.05) is 0 Å². The summed E-state index contributed by atoms with van der Waals surface area (Å²) in [5, 5.41) is 8.55. The molecule has 18 heavy (non-hydrogen) atoms. The zero-order valence-corrected chi connectivity index (χ0v) is 11.0. The minimum absolute atomic E-state index is 0.0489. The standard InChI is InChI=1S/C14H13ClN2O/c1-9-7-13(10(2)17-16-9)14(18)8-11-3-5-12(15)6-4-11/h3-7H,8H2,1-2H3. The highest BCUT2D eigenvalue weighted by Crippen LogP contribution is 2.13. The van der Waals surface area contributed by atoms with Gasteiger partial charge in [0.05, 0.1) is 11.4 Å². The molecule has 0 bridgehead atoms. The third-order valence-electron chi connectivity index (χ3n) is 2.68. The Morgan fingerprint density at radius 2 is 1.83 bits per heavy atom. The van der Waals surface area contributed by atoms with Crippen LogP contribution in [0.3, 0.4) is 0 Å². The van der Waals surface area contributed by atoms with Gasteiger partial charge in [0.25, 0.3) is 0 Å². The van der Waals surface area contributed by atoms with Gasteiger partial charge >= 0.3 is 0 Å². The molecule has 3 nitrogen and oxygen atoms in total. The first-order chi connectivity index (χ1) is 8.56. The fraction of sp³-hybridized carbons (Fsp3) is 0.214. The minimum atomic E-state index is 0.0489. The second-order valence-electron chi connectivity index (χ2n) is 4.21. The molecule has 0 unspecified atom stereocenters. The second kappa shape index (κ2) is 5.27. The van der Waals surface area contributed by atoms with E-state index in [9.17, 15) is 4.79 Å². The maximum atomic E-state index is 12.2. The van der Waals surface area contributed by atoms with E-state index >= 15 is 0 Å². The monoisotopic (exact) mass is 260 g/mol. The van der Waals surface area contributed by atoms with E-state index in [1.54, 1.807) is 25.1 Å². The number of carbonyl (C=O) groups excluding carboxylic acids is 1. The Morgan fingerprint density at radius 3 is 2.50 bits per heavy atom. The predicted molar refractivity (Wildman–Crippen MR) is 71.0 cm³/mol. The third-order valence-corrected chi connectivity index (χ3v) is 2.93. The lowest BCUT2D eigenvalue weighted by Gasteiger charge is -2.05. The van der Waals surface area contributed by atoms with Crippen molar-refractivity contribution in [3.63, 3.8) is 0 Å². The van der Waals surface area contributed by atoms with Crippen LogP contribution in [0.5, 0.6) is 0 Å². The number of halogens is 1. The van der Waals surface area contributed by atoms with E-state index in [4.69, 9.17) is 11.6 Å². The molecule has 92 valence electrons. The highest BCUT2D eigenvalue weighted by atomic mass is 35.5. The predicted octanol–water partition coefficient (Wildman–Crippen LogP) is 3.17. The van der Waals surface area contributed by atoms with Crippen LogP contribution in [0.25, 0.3) is 0 Å². The van der Waals surface area contributed by atoms with Crippen LogP contribution in [0.15, 0.2) is 30.3 Å². The molecular formula is C14H13ClN2O. The number of rotatable bonds is 3. The molecule has 1 aromatic carbocycles. The summed E-state index contributed by atoms with van der Waals surface area (Å²) >= 11 is 5.81.